The molecule has 0 aliphatic heterocycles. The molecule has 0 amide bonds. The fourth-order valence-corrected chi connectivity index (χ4v) is 2.28. The molecule has 2 rings (SSSR count). The Kier molecular flexibility index (Phi) is 5.36. The van der Waals surface area contributed by atoms with Gasteiger partial charge in [0.05, 0.1) is 5.69 Å². The van der Waals surface area contributed by atoms with E-state index in [1.165, 1.54) is 16.8 Å². The van der Waals surface area contributed by atoms with Crippen molar-refractivity contribution in [3.63, 3.8) is 0 Å². The molecule has 0 fully saturated rings. The minimum Gasteiger partial charge on any atom is -0.307 e. The lowest BCUT2D eigenvalue weighted by atomic mass is 10.0. The predicted molar refractivity (Wildman–Crippen MR) is 83.6 cm³/mol. The van der Waals surface area contributed by atoms with Gasteiger partial charge in [-0.15, -0.1) is 0 Å². The van der Waals surface area contributed by atoms with Gasteiger partial charge in [0.25, 0.3) is 0 Å². The summed E-state index contributed by atoms with van der Waals surface area (Å²) in [5, 5.41) is 7.83. The molecule has 3 nitrogen and oxygen atoms in total. The minimum atomic E-state index is 0.598. The average Bonchev–Trinajstić information content (AvgIpc) is 2.87. The number of nitrogens with one attached hydrogen (secondary N) is 1. The lowest BCUT2D eigenvalue weighted by Gasteiger charge is -2.09. The van der Waals surface area contributed by atoms with Crippen molar-refractivity contribution in [2.75, 3.05) is 0 Å². The van der Waals surface area contributed by atoms with Gasteiger partial charge in [-0.2, -0.15) is 5.10 Å². The molecular formula is C17H25N3. The van der Waals surface area contributed by atoms with Crippen LogP contribution in [0.15, 0.2) is 36.5 Å². The van der Waals surface area contributed by atoms with Gasteiger partial charge in [0, 0.05) is 25.8 Å². The van der Waals surface area contributed by atoms with Crippen LogP contribution in [0.4, 0.5) is 0 Å². The fraction of sp³-hybridized carbons (Fsp3) is 0.471. The third kappa shape index (κ3) is 3.94. The van der Waals surface area contributed by atoms with E-state index >= 15 is 0 Å². The zero-order valence-electron chi connectivity index (χ0n) is 12.8. The van der Waals surface area contributed by atoms with Crippen LogP contribution < -0.4 is 5.32 Å². The molecule has 0 bridgehead atoms. The quantitative estimate of drug-likeness (QED) is 0.832. The first kappa shape index (κ1) is 14.8. The van der Waals surface area contributed by atoms with Crippen molar-refractivity contribution in [1.82, 2.24) is 15.1 Å². The Morgan fingerprint density at radius 1 is 1.10 bits per heavy atom. The SMILES string of the molecule is CCCn1nccc1CNCc1ccc(C(C)C)cc1. The summed E-state index contributed by atoms with van der Waals surface area (Å²) in [6.07, 6.45) is 3.00. The Balaban J connectivity index is 1.84. The van der Waals surface area contributed by atoms with Gasteiger partial charge in [-0.3, -0.25) is 4.68 Å². The summed E-state index contributed by atoms with van der Waals surface area (Å²) in [5.41, 5.74) is 3.98. The van der Waals surface area contributed by atoms with Gasteiger partial charge in [0.2, 0.25) is 0 Å². The van der Waals surface area contributed by atoms with E-state index in [1.54, 1.807) is 0 Å². The monoisotopic (exact) mass is 271 g/mol. The second-order valence-electron chi connectivity index (χ2n) is 5.55. The molecule has 1 aromatic carbocycles. The molecule has 0 spiro atoms. The van der Waals surface area contributed by atoms with Crippen LogP contribution >= 0.6 is 0 Å². The third-order valence-electron chi connectivity index (χ3n) is 3.52. The molecule has 0 unspecified atom stereocenters. The van der Waals surface area contributed by atoms with Crippen molar-refractivity contribution in [2.24, 2.45) is 0 Å². The van der Waals surface area contributed by atoms with Crippen LogP contribution in [0.2, 0.25) is 0 Å². The highest BCUT2D eigenvalue weighted by Crippen LogP contribution is 2.14. The molecule has 20 heavy (non-hydrogen) atoms. The van der Waals surface area contributed by atoms with Gasteiger partial charge < -0.3 is 5.32 Å². The maximum absolute atomic E-state index is 4.34. The highest BCUT2D eigenvalue weighted by atomic mass is 15.3. The zero-order chi connectivity index (χ0) is 14.4. The summed E-state index contributed by atoms with van der Waals surface area (Å²) in [6, 6.07) is 11.0. The Bertz CT molecular complexity index is 511. The van der Waals surface area contributed by atoms with E-state index in [2.05, 4.69) is 66.2 Å². The van der Waals surface area contributed by atoms with E-state index in [0.29, 0.717) is 5.92 Å². The fourth-order valence-electron chi connectivity index (χ4n) is 2.28. The molecule has 0 atom stereocenters. The van der Waals surface area contributed by atoms with Crippen molar-refractivity contribution >= 4 is 0 Å². The van der Waals surface area contributed by atoms with Gasteiger partial charge in [-0.25, -0.2) is 0 Å². The van der Waals surface area contributed by atoms with E-state index in [-0.39, 0.29) is 0 Å². The topological polar surface area (TPSA) is 29.9 Å². The van der Waals surface area contributed by atoms with Crippen LogP contribution in [0.3, 0.4) is 0 Å². The smallest absolute Gasteiger partial charge is 0.0522 e. The van der Waals surface area contributed by atoms with Crippen LogP contribution in [-0.4, -0.2) is 9.78 Å². The first-order valence-corrected chi connectivity index (χ1v) is 7.51. The van der Waals surface area contributed by atoms with Crippen LogP contribution in [0, 0.1) is 0 Å². The number of nitrogens with zero attached hydrogens (tertiary/aromatic N) is 2. The number of hydrogen-bond acceptors (Lipinski definition) is 2. The van der Waals surface area contributed by atoms with E-state index in [1.807, 2.05) is 6.20 Å². The summed E-state index contributed by atoms with van der Waals surface area (Å²) in [5.74, 6) is 0.598. The molecule has 1 N–H and O–H groups in total. The normalized spacial score (nSPS) is 11.2. The van der Waals surface area contributed by atoms with Crippen LogP contribution in [0.5, 0.6) is 0 Å². The summed E-state index contributed by atoms with van der Waals surface area (Å²) in [6.45, 7) is 9.38. The Hall–Kier alpha value is -1.61. The third-order valence-corrected chi connectivity index (χ3v) is 3.52. The van der Waals surface area contributed by atoms with Crippen molar-refractivity contribution in [3.8, 4) is 0 Å². The first-order chi connectivity index (χ1) is 9.70. The summed E-state index contributed by atoms with van der Waals surface area (Å²) in [4.78, 5) is 0. The highest BCUT2D eigenvalue weighted by Gasteiger charge is 2.02. The van der Waals surface area contributed by atoms with E-state index in [0.717, 1.165) is 26.1 Å². The maximum Gasteiger partial charge on any atom is 0.0522 e. The number of hydrogen-bond donors (Lipinski definition) is 1. The molecule has 0 aliphatic carbocycles. The number of benzene rings is 1. The van der Waals surface area contributed by atoms with E-state index in [9.17, 15) is 0 Å². The molecule has 0 saturated heterocycles. The van der Waals surface area contributed by atoms with Gasteiger partial charge in [-0.1, -0.05) is 45.0 Å². The van der Waals surface area contributed by atoms with Crippen molar-refractivity contribution < 1.29 is 0 Å². The first-order valence-electron chi connectivity index (χ1n) is 7.51. The molecule has 0 aliphatic rings. The van der Waals surface area contributed by atoms with Crippen LogP contribution in [0.1, 0.15) is 49.9 Å². The Morgan fingerprint density at radius 2 is 1.85 bits per heavy atom. The zero-order valence-corrected chi connectivity index (χ0v) is 12.8. The highest BCUT2D eigenvalue weighted by molar-refractivity contribution is 5.24. The maximum atomic E-state index is 4.34. The summed E-state index contributed by atoms with van der Waals surface area (Å²) < 4.78 is 2.08. The van der Waals surface area contributed by atoms with Crippen LogP contribution in [-0.2, 0) is 19.6 Å². The molecular weight excluding hydrogens is 246 g/mol. The van der Waals surface area contributed by atoms with Crippen LogP contribution in [0.25, 0.3) is 0 Å². The predicted octanol–water partition coefficient (Wildman–Crippen LogP) is 3.71. The number of aromatic nitrogens is 2. The molecule has 2 aromatic rings. The van der Waals surface area contributed by atoms with Crippen molar-refractivity contribution in [3.05, 3.63) is 53.3 Å². The molecule has 3 heteroatoms. The second-order valence-corrected chi connectivity index (χ2v) is 5.55. The van der Waals surface area contributed by atoms with E-state index < -0.39 is 0 Å². The average molecular weight is 271 g/mol. The Morgan fingerprint density at radius 3 is 2.50 bits per heavy atom. The Labute approximate surface area is 122 Å². The standard InChI is InChI=1S/C17H25N3/c1-4-11-20-17(9-10-19-20)13-18-12-15-5-7-16(8-6-15)14(2)3/h5-10,14,18H,4,11-13H2,1-3H3. The molecule has 1 aromatic heterocycles. The molecule has 0 radical (unpaired) electrons. The van der Waals surface area contributed by atoms with Crippen molar-refractivity contribution in [2.45, 2.75) is 52.7 Å². The van der Waals surface area contributed by atoms with Gasteiger partial charge in [0.15, 0.2) is 0 Å². The second kappa shape index (κ2) is 7.25. The summed E-state index contributed by atoms with van der Waals surface area (Å²) >= 11 is 0. The number of aryl methyl sites for hydroxylation is 1. The largest absolute Gasteiger partial charge is 0.307 e. The van der Waals surface area contributed by atoms with Gasteiger partial charge in [0.1, 0.15) is 0 Å². The number of rotatable bonds is 7. The lowest BCUT2D eigenvalue weighted by Crippen LogP contribution is -2.16. The van der Waals surface area contributed by atoms with Crippen molar-refractivity contribution in [1.29, 1.82) is 0 Å². The molecule has 108 valence electrons. The lowest BCUT2D eigenvalue weighted by molar-refractivity contribution is 0.549. The van der Waals surface area contributed by atoms with Gasteiger partial charge >= 0.3 is 0 Å². The summed E-state index contributed by atoms with van der Waals surface area (Å²) in [7, 11) is 0. The molecule has 0 saturated carbocycles. The van der Waals surface area contributed by atoms with E-state index in [4.69, 9.17) is 0 Å². The minimum absolute atomic E-state index is 0.598. The molecule has 1 heterocycles. The van der Waals surface area contributed by atoms with Gasteiger partial charge in [-0.05, 0) is 29.5 Å².